The topological polar surface area (TPSA) is 51.2 Å². The average molecular weight is 569 g/mol. The Hall–Kier alpha value is -1.56. The first-order valence-electron chi connectivity index (χ1n) is 10.7. The summed E-state index contributed by atoms with van der Waals surface area (Å²) in [4.78, 5) is 21.6. The van der Waals surface area contributed by atoms with E-state index in [4.69, 9.17) is 0 Å². The van der Waals surface area contributed by atoms with Crippen molar-refractivity contribution in [3.8, 4) is 0 Å². The van der Waals surface area contributed by atoms with Gasteiger partial charge in [-0.25, -0.2) is 4.99 Å². The number of hydrogen-bond acceptors (Lipinski definition) is 3. The van der Waals surface area contributed by atoms with Crippen molar-refractivity contribution in [1.82, 2.24) is 20.0 Å². The lowest BCUT2D eigenvalue weighted by Crippen LogP contribution is -2.43. The third-order valence-corrected chi connectivity index (χ3v) is 5.46. The van der Waals surface area contributed by atoms with Gasteiger partial charge in [0.25, 0.3) is 0 Å². The molecule has 1 N–H and O–H groups in total. The second kappa shape index (κ2) is 13.2. The van der Waals surface area contributed by atoms with Crippen molar-refractivity contribution in [2.75, 3.05) is 53.4 Å². The van der Waals surface area contributed by atoms with Gasteiger partial charge < -0.3 is 15.1 Å². The van der Waals surface area contributed by atoms with Crippen molar-refractivity contribution in [3.63, 3.8) is 0 Å². The van der Waals surface area contributed by atoms with Crippen molar-refractivity contribution in [2.45, 2.75) is 32.5 Å². The Morgan fingerprint density at radius 1 is 1.28 bits per heavy atom. The number of carbonyl (C=O) groups is 1. The molecule has 0 spiro atoms. The van der Waals surface area contributed by atoms with Crippen LogP contribution in [0.2, 0.25) is 0 Å². The molecule has 0 aliphatic carbocycles. The predicted molar refractivity (Wildman–Crippen MR) is 132 cm³/mol. The number of alkyl halides is 3. The Morgan fingerprint density at radius 2 is 1.94 bits per heavy atom. The largest absolute Gasteiger partial charge is 0.401 e. The maximum atomic E-state index is 12.8. The second-order valence-corrected chi connectivity index (χ2v) is 8.25. The van der Waals surface area contributed by atoms with E-state index in [0.29, 0.717) is 32.1 Å². The molecule has 1 heterocycles. The lowest BCUT2D eigenvalue weighted by atomic mass is 10.1. The van der Waals surface area contributed by atoms with Crippen LogP contribution in [0.15, 0.2) is 35.3 Å². The van der Waals surface area contributed by atoms with Gasteiger partial charge in [0.2, 0.25) is 5.91 Å². The van der Waals surface area contributed by atoms with Gasteiger partial charge in [-0.1, -0.05) is 37.3 Å². The van der Waals surface area contributed by atoms with Crippen LogP contribution in [0.3, 0.4) is 0 Å². The summed E-state index contributed by atoms with van der Waals surface area (Å²) in [7, 11) is 3.37. The SMILES string of the molecule is CCN(CC1CCN(C(=NCC(=O)N(C)C)NC(C)c2ccccc2)C1)CC(F)(F)F.I. The van der Waals surface area contributed by atoms with E-state index in [2.05, 4.69) is 15.2 Å². The lowest BCUT2D eigenvalue weighted by Gasteiger charge is -2.27. The third kappa shape index (κ3) is 9.51. The molecule has 0 radical (unpaired) electrons. The molecule has 2 atom stereocenters. The standard InChI is InChI=1S/C22H34F3N5O.HI/c1-5-29(16-22(23,24)25)14-18-11-12-30(15-18)21(26-13-20(31)28(3)4)27-17(2)19-9-7-6-8-10-19;/h6-10,17-18H,5,11-16H2,1-4H3,(H,26,27);1H. The zero-order chi connectivity index (χ0) is 23.0. The number of hydrogen-bond donors (Lipinski definition) is 1. The summed E-state index contributed by atoms with van der Waals surface area (Å²) in [6.07, 6.45) is -3.41. The van der Waals surface area contributed by atoms with Crippen molar-refractivity contribution in [1.29, 1.82) is 0 Å². The van der Waals surface area contributed by atoms with Gasteiger partial charge in [0.1, 0.15) is 6.54 Å². The van der Waals surface area contributed by atoms with Crippen molar-refractivity contribution < 1.29 is 18.0 Å². The highest BCUT2D eigenvalue weighted by Gasteiger charge is 2.33. The first-order valence-corrected chi connectivity index (χ1v) is 10.7. The van der Waals surface area contributed by atoms with E-state index in [1.165, 1.54) is 9.80 Å². The molecule has 6 nitrogen and oxygen atoms in total. The maximum Gasteiger partial charge on any atom is 0.401 e. The minimum atomic E-state index is -4.19. The molecular formula is C22H35F3IN5O. The Bertz CT molecular complexity index is 730. The molecule has 1 fully saturated rings. The van der Waals surface area contributed by atoms with Gasteiger partial charge >= 0.3 is 6.18 Å². The lowest BCUT2D eigenvalue weighted by molar-refractivity contribution is -0.146. The number of amides is 1. The Labute approximate surface area is 206 Å². The fourth-order valence-electron chi connectivity index (χ4n) is 3.64. The first kappa shape index (κ1) is 28.5. The monoisotopic (exact) mass is 569 g/mol. The van der Waals surface area contributed by atoms with Crippen LogP contribution in [0.1, 0.15) is 31.9 Å². The summed E-state index contributed by atoms with van der Waals surface area (Å²) >= 11 is 0. The molecule has 182 valence electrons. The molecule has 1 amide bonds. The van der Waals surface area contributed by atoms with Crippen LogP contribution < -0.4 is 5.32 Å². The molecule has 10 heteroatoms. The zero-order valence-corrected chi connectivity index (χ0v) is 21.6. The molecule has 1 aromatic rings. The van der Waals surface area contributed by atoms with E-state index in [0.717, 1.165) is 12.0 Å². The Balaban J connectivity index is 0.00000512. The zero-order valence-electron chi connectivity index (χ0n) is 19.2. The van der Waals surface area contributed by atoms with Gasteiger partial charge in [0.05, 0.1) is 12.6 Å². The maximum absolute atomic E-state index is 12.8. The minimum Gasteiger partial charge on any atom is -0.350 e. The molecule has 0 saturated carbocycles. The number of halogens is 4. The number of rotatable bonds is 8. The smallest absolute Gasteiger partial charge is 0.350 e. The van der Waals surface area contributed by atoms with Gasteiger partial charge in [-0.3, -0.25) is 9.69 Å². The molecular weight excluding hydrogens is 534 g/mol. The number of carbonyl (C=O) groups excluding carboxylic acids is 1. The number of benzene rings is 1. The minimum absolute atomic E-state index is 0. The summed E-state index contributed by atoms with van der Waals surface area (Å²) in [6.45, 7) is 4.96. The summed E-state index contributed by atoms with van der Waals surface area (Å²) in [5.41, 5.74) is 1.09. The number of nitrogens with one attached hydrogen (secondary N) is 1. The van der Waals surface area contributed by atoms with Gasteiger partial charge in [0.15, 0.2) is 5.96 Å². The molecule has 2 unspecified atom stereocenters. The van der Waals surface area contributed by atoms with Crippen molar-refractivity contribution in [3.05, 3.63) is 35.9 Å². The summed E-state index contributed by atoms with van der Waals surface area (Å²) in [6, 6.07) is 9.89. The van der Waals surface area contributed by atoms with Crippen molar-refractivity contribution in [2.24, 2.45) is 10.9 Å². The van der Waals surface area contributed by atoms with E-state index >= 15 is 0 Å². The number of guanidine groups is 1. The van der Waals surface area contributed by atoms with Gasteiger partial charge in [-0.15, -0.1) is 24.0 Å². The van der Waals surface area contributed by atoms with E-state index < -0.39 is 12.7 Å². The van der Waals surface area contributed by atoms with Crippen LogP contribution in [0.5, 0.6) is 0 Å². The van der Waals surface area contributed by atoms with E-state index in [-0.39, 0.29) is 48.4 Å². The number of nitrogens with zero attached hydrogens (tertiary/aromatic N) is 4. The first-order chi connectivity index (χ1) is 14.6. The molecule has 32 heavy (non-hydrogen) atoms. The Morgan fingerprint density at radius 3 is 2.50 bits per heavy atom. The third-order valence-electron chi connectivity index (χ3n) is 5.46. The van der Waals surface area contributed by atoms with Crippen molar-refractivity contribution >= 4 is 35.8 Å². The van der Waals surface area contributed by atoms with Crippen LogP contribution in [0.25, 0.3) is 0 Å². The fourth-order valence-corrected chi connectivity index (χ4v) is 3.64. The van der Waals surface area contributed by atoms with Crippen LogP contribution in [0, 0.1) is 5.92 Å². The van der Waals surface area contributed by atoms with Gasteiger partial charge in [-0.05, 0) is 31.4 Å². The van der Waals surface area contributed by atoms with E-state index in [9.17, 15) is 18.0 Å². The van der Waals surface area contributed by atoms with Gasteiger partial charge in [-0.2, -0.15) is 13.2 Å². The normalized spacial score (nSPS) is 17.8. The number of aliphatic imine (C=N–C) groups is 1. The average Bonchev–Trinajstić information content (AvgIpc) is 3.18. The van der Waals surface area contributed by atoms with Crippen LogP contribution in [0.4, 0.5) is 13.2 Å². The Kier molecular flexibility index (Phi) is 11.8. The van der Waals surface area contributed by atoms with Crippen LogP contribution in [-0.4, -0.2) is 86.1 Å². The molecule has 0 bridgehead atoms. The van der Waals surface area contributed by atoms with E-state index in [1.807, 2.05) is 37.3 Å². The molecule has 1 aliphatic heterocycles. The molecule has 1 saturated heterocycles. The quantitative estimate of drug-likeness (QED) is 0.296. The summed E-state index contributed by atoms with van der Waals surface area (Å²) in [5.74, 6) is 0.628. The van der Waals surface area contributed by atoms with Crippen LogP contribution in [-0.2, 0) is 4.79 Å². The molecule has 1 aliphatic rings. The highest BCUT2D eigenvalue weighted by molar-refractivity contribution is 14.0. The second-order valence-electron chi connectivity index (χ2n) is 8.25. The molecule has 1 aromatic carbocycles. The predicted octanol–water partition coefficient (Wildman–Crippen LogP) is 3.61. The molecule has 2 rings (SSSR count). The highest BCUT2D eigenvalue weighted by atomic mass is 127. The number of likely N-dealkylation sites (N-methyl/N-ethyl adjacent to an activating group) is 1. The molecule has 0 aromatic heterocycles. The van der Waals surface area contributed by atoms with Gasteiger partial charge in [0, 0.05) is 33.7 Å². The van der Waals surface area contributed by atoms with E-state index in [1.54, 1.807) is 21.0 Å². The summed E-state index contributed by atoms with van der Waals surface area (Å²) in [5, 5.41) is 3.41. The summed E-state index contributed by atoms with van der Waals surface area (Å²) < 4.78 is 38.4. The highest BCUT2D eigenvalue weighted by Crippen LogP contribution is 2.22. The van der Waals surface area contributed by atoms with Crippen LogP contribution >= 0.6 is 24.0 Å². The number of likely N-dealkylation sites (tertiary alicyclic amines) is 1. The fraction of sp³-hybridized carbons (Fsp3) is 0.636.